The SMILES string of the molecule is CC.COCc1noc(NC(C)C)n1. The number of aromatic nitrogens is 2. The van der Waals surface area contributed by atoms with Crippen LogP contribution >= 0.6 is 0 Å². The van der Waals surface area contributed by atoms with Crippen LogP contribution in [-0.4, -0.2) is 23.3 Å². The molecule has 1 heterocycles. The van der Waals surface area contributed by atoms with E-state index in [0.717, 1.165) is 0 Å². The van der Waals surface area contributed by atoms with Crippen molar-refractivity contribution in [3.05, 3.63) is 5.82 Å². The van der Waals surface area contributed by atoms with Crippen molar-refractivity contribution in [2.24, 2.45) is 0 Å². The van der Waals surface area contributed by atoms with Crippen molar-refractivity contribution in [3.8, 4) is 0 Å². The molecule has 0 unspecified atom stereocenters. The largest absolute Gasteiger partial charge is 0.377 e. The van der Waals surface area contributed by atoms with Gasteiger partial charge in [0.15, 0.2) is 5.82 Å². The number of hydrogen-bond donors (Lipinski definition) is 1. The van der Waals surface area contributed by atoms with Crippen LogP contribution in [0.1, 0.15) is 33.5 Å². The molecule has 0 aromatic carbocycles. The van der Waals surface area contributed by atoms with Gasteiger partial charge in [-0.2, -0.15) is 4.98 Å². The van der Waals surface area contributed by atoms with Crippen molar-refractivity contribution in [1.82, 2.24) is 10.1 Å². The molecule has 0 bridgehead atoms. The summed E-state index contributed by atoms with van der Waals surface area (Å²) < 4.78 is 9.71. The van der Waals surface area contributed by atoms with Gasteiger partial charge in [0, 0.05) is 13.2 Å². The minimum Gasteiger partial charge on any atom is -0.377 e. The van der Waals surface area contributed by atoms with Crippen LogP contribution in [0.2, 0.25) is 0 Å². The normalized spacial score (nSPS) is 9.57. The highest BCUT2D eigenvalue weighted by molar-refractivity contribution is 5.19. The smallest absolute Gasteiger partial charge is 0.321 e. The second-order valence-corrected chi connectivity index (χ2v) is 2.75. The number of methoxy groups -OCH3 is 1. The molecule has 14 heavy (non-hydrogen) atoms. The fourth-order valence-electron chi connectivity index (χ4n) is 0.747. The molecule has 0 amide bonds. The molecule has 0 saturated carbocycles. The topological polar surface area (TPSA) is 60.2 Å². The van der Waals surface area contributed by atoms with Crippen molar-refractivity contribution >= 4 is 6.01 Å². The summed E-state index contributed by atoms with van der Waals surface area (Å²) in [5.74, 6) is 0.556. The highest BCUT2D eigenvalue weighted by atomic mass is 16.5. The summed E-state index contributed by atoms with van der Waals surface area (Å²) in [5, 5.41) is 6.67. The Bertz CT molecular complexity index is 236. The molecule has 0 saturated heterocycles. The molecule has 0 radical (unpaired) electrons. The van der Waals surface area contributed by atoms with Gasteiger partial charge >= 0.3 is 6.01 Å². The van der Waals surface area contributed by atoms with E-state index < -0.39 is 0 Å². The maximum Gasteiger partial charge on any atom is 0.321 e. The second kappa shape index (κ2) is 7.32. The van der Waals surface area contributed by atoms with Gasteiger partial charge in [0.05, 0.1) is 0 Å². The van der Waals surface area contributed by atoms with Crippen molar-refractivity contribution < 1.29 is 9.26 Å². The van der Waals surface area contributed by atoms with Crippen molar-refractivity contribution in [1.29, 1.82) is 0 Å². The van der Waals surface area contributed by atoms with Gasteiger partial charge in [-0.1, -0.05) is 19.0 Å². The zero-order valence-electron chi connectivity index (χ0n) is 9.50. The predicted octanol–water partition coefficient (Wildman–Crippen LogP) is 2.06. The van der Waals surface area contributed by atoms with Crippen LogP contribution in [0.3, 0.4) is 0 Å². The molecular weight excluding hydrogens is 182 g/mol. The summed E-state index contributed by atoms with van der Waals surface area (Å²) in [6, 6.07) is 0.734. The standard InChI is InChI=1S/C7H13N3O2.C2H6/c1-5(2)8-7-9-6(4-11-3)10-12-7;1-2/h5H,4H2,1-3H3,(H,8,9,10);1-2H3. The van der Waals surface area contributed by atoms with Crippen molar-refractivity contribution in [2.75, 3.05) is 12.4 Å². The van der Waals surface area contributed by atoms with Crippen molar-refractivity contribution in [2.45, 2.75) is 40.3 Å². The maximum atomic E-state index is 4.88. The van der Waals surface area contributed by atoms with Gasteiger partial charge in [0.25, 0.3) is 0 Å². The van der Waals surface area contributed by atoms with Crippen LogP contribution < -0.4 is 5.32 Å². The van der Waals surface area contributed by atoms with Crippen LogP contribution in [-0.2, 0) is 11.3 Å². The van der Waals surface area contributed by atoms with Gasteiger partial charge < -0.3 is 14.6 Å². The Morgan fingerprint density at radius 2 is 2.07 bits per heavy atom. The highest BCUT2D eigenvalue weighted by Crippen LogP contribution is 2.05. The Morgan fingerprint density at radius 3 is 2.57 bits per heavy atom. The average molecular weight is 201 g/mol. The Morgan fingerprint density at radius 1 is 1.43 bits per heavy atom. The third-order valence-electron chi connectivity index (χ3n) is 1.15. The van der Waals surface area contributed by atoms with E-state index in [4.69, 9.17) is 9.26 Å². The Hall–Kier alpha value is -1.10. The molecule has 5 heteroatoms. The zero-order valence-corrected chi connectivity index (χ0v) is 9.50. The molecular formula is C9H19N3O2. The van der Waals surface area contributed by atoms with Gasteiger partial charge in [0.2, 0.25) is 0 Å². The summed E-state index contributed by atoms with van der Waals surface area (Å²) >= 11 is 0. The predicted molar refractivity (Wildman–Crippen MR) is 55.1 cm³/mol. The molecule has 82 valence electrons. The van der Waals surface area contributed by atoms with E-state index in [9.17, 15) is 0 Å². The molecule has 1 N–H and O–H groups in total. The summed E-state index contributed by atoms with van der Waals surface area (Å²) in [5.41, 5.74) is 0. The zero-order chi connectivity index (χ0) is 11.0. The first-order valence-electron chi connectivity index (χ1n) is 4.80. The molecule has 0 aliphatic carbocycles. The molecule has 1 aromatic rings. The summed E-state index contributed by atoms with van der Waals surface area (Å²) in [6.45, 7) is 8.38. The quantitative estimate of drug-likeness (QED) is 0.808. The van der Waals surface area contributed by atoms with E-state index in [-0.39, 0.29) is 0 Å². The monoisotopic (exact) mass is 201 g/mol. The van der Waals surface area contributed by atoms with Crippen molar-refractivity contribution in [3.63, 3.8) is 0 Å². The lowest BCUT2D eigenvalue weighted by Gasteiger charge is -2.01. The fraction of sp³-hybridized carbons (Fsp3) is 0.778. The lowest BCUT2D eigenvalue weighted by Crippen LogP contribution is -2.09. The van der Waals surface area contributed by atoms with Gasteiger partial charge in [-0.05, 0) is 13.8 Å². The fourth-order valence-corrected chi connectivity index (χ4v) is 0.747. The highest BCUT2D eigenvalue weighted by Gasteiger charge is 2.05. The van der Waals surface area contributed by atoms with E-state index in [1.165, 1.54) is 0 Å². The van der Waals surface area contributed by atoms with E-state index in [0.29, 0.717) is 24.5 Å². The number of nitrogens with one attached hydrogen (secondary N) is 1. The molecule has 0 spiro atoms. The third kappa shape index (κ3) is 4.81. The number of anilines is 1. The van der Waals surface area contributed by atoms with E-state index >= 15 is 0 Å². The molecule has 1 rings (SSSR count). The Balaban J connectivity index is 0.000000791. The summed E-state index contributed by atoms with van der Waals surface area (Å²) in [4.78, 5) is 4.03. The number of nitrogens with zero attached hydrogens (tertiary/aromatic N) is 2. The van der Waals surface area contributed by atoms with E-state index in [1.54, 1.807) is 7.11 Å². The maximum absolute atomic E-state index is 4.88. The summed E-state index contributed by atoms with van der Waals surface area (Å²) in [6.07, 6.45) is 0. The van der Waals surface area contributed by atoms with Crippen LogP contribution in [0.15, 0.2) is 4.52 Å². The van der Waals surface area contributed by atoms with Crippen LogP contribution in [0.5, 0.6) is 0 Å². The number of rotatable bonds is 4. The Kier molecular flexibility index (Phi) is 6.74. The number of ether oxygens (including phenoxy) is 1. The molecule has 0 fully saturated rings. The first-order chi connectivity index (χ1) is 6.72. The molecule has 0 atom stereocenters. The van der Waals surface area contributed by atoms with Crippen LogP contribution in [0.4, 0.5) is 6.01 Å². The van der Waals surface area contributed by atoms with E-state index in [1.807, 2.05) is 27.7 Å². The van der Waals surface area contributed by atoms with Gasteiger partial charge in [-0.15, -0.1) is 0 Å². The number of hydrogen-bond acceptors (Lipinski definition) is 5. The first kappa shape index (κ1) is 12.9. The Labute approximate surface area is 84.8 Å². The van der Waals surface area contributed by atoms with Gasteiger partial charge in [-0.25, -0.2) is 0 Å². The van der Waals surface area contributed by atoms with Crippen LogP contribution in [0, 0.1) is 0 Å². The molecule has 0 aliphatic heterocycles. The minimum atomic E-state index is 0.292. The lowest BCUT2D eigenvalue weighted by molar-refractivity contribution is 0.174. The third-order valence-corrected chi connectivity index (χ3v) is 1.15. The van der Waals surface area contributed by atoms with Gasteiger partial charge in [0.1, 0.15) is 6.61 Å². The van der Waals surface area contributed by atoms with Crippen LogP contribution in [0.25, 0.3) is 0 Å². The summed E-state index contributed by atoms with van der Waals surface area (Å²) in [7, 11) is 1.59. The molecule has 5 nitrogen and oxygen atoms in total. The van der Waals surface area contributed by atoms with E-state index in [2.05, 4.69) is 15.5 Å². The molecule has 1 aromatic heterocycles. The second-order valence-electron chi connectivity index (χ2n) is 2.75. The lowest BCUT2D eigenvalue weighted by atomic mass is 10.4. The molecule has 0 aliphatic rings. The average Bonchev–Trinajstić information content (AvgIpc) is 2.56. The minimum absolute atomic E-state index is 0.292. The first-order valence-corrected chi connectivity index (χ1v) is 4.80. The van der Waals surface area contributed by atoms with Gasteiger partial charge in [-0.3, -0.25) is 0 Å².